The molecule has 1 N–H and O–H groups in total. The average molecular weight is 371 g/mol. The Hall–Kier alpha value is -3.20. The molecule has 3 aromatic rings. The highest BCUT2D eigenvalue weighted by atomic mass is 19.3. The lowest BCUT2D eigenvalue weighted by Gasteiger charge is -2.18. The van der Waals surface area contributed by atoms with E-state index in [9.17, 15) is 18.7 Å². The maximum atomic E-state index is 14.7. The average Bonchev–Trinajstić information content (AvgIpc) is 3.25. The van der Waals surface area contributed by atoms with Crippen molar-refractivity contribution in [3.8, 4) is 5.82 Å². The number of pyridine rings is 1. The number of nitrogens with zero attached hydrogens (tertiary/aromatic N) is 5. The smallest absolute Gasteiger partial charge is 0.352 e. The van der Waals surface area contributed by atoms with Crippen molar-refractivity contribution in [3.05, 3.63) is 65.9 Å². The predicted octanol–water partition coefficient (Wildman–Crippen LogP) is 2.35. The van der Waals surface area contributed by atoms with E-state index in [0.29, 0.717) is 11.4 Å². The number of benzene rings is 1. The molecule has 138 valence electrons. The Morgan fingerprint density at radius 2 is 2.11 bits per heavy atom. The highest BCUT2D eigenvalue weighted by Crippen LogP contribution is 2.47. The van der Waals surface area contributed by atoms with Crippen molar-refractivity contribution in [2.45, 2.75) is 25.5 Å². The number of rotatable bonds is 4. The molecule has 1 aromatic carbocycles. The van der Waals surface area contributed by atoms with Crippen LogP contribution in [0, 0.1) is 0 Å². The molecule has 1 amide bonds. The van der Waals surface area contributed by atoms with Crippen LogP contribution in [-0.2, 0) is 17.3 Å². The van der Waals surface area contributed by atoms with Crippen LogP contribution in [0.2, 0.25) is 0 Å². The maximum Gasteiger partial charge on any atom is 0.352 e. The molecule has 9 heteroatoms. The first-order chi connectivity index (χ1) is 12.9. The Morgan fingerprint density at radius 1 is 1.30 bits per heavy atom. The minimum Gasteiger partial charge on any atom is -0.389 e. The third kappa shape index (κ3) is 2.76. The molecule has 1 aliphatic heterocycles. The zero-order valence-electron chi connectivity index (χ0n) is 14.3. The zero-order chi connectivity index (χ0) is 19.2. The molecule has 27 heavy (non-hydrogen) atoms. The monoisotopic (exact) mass is 371 g/mol. The quantitative estimate of drug-likeness (QED) is 0.761. The minimum absolute atomic E-state index is 0.0476. The number of halogens is 2. The summed E-state index contributed by atoms with van der Waals surface area (Å²) in [4.78, 5) is 21.5. The molecular weight excluding hydrogens is 356 g/mol. The van der Waals surface area contributed by atoms with Crippen LogP contribution >= 0.6 is 0 Å². The van der Waals surface area contributed by atoms with Crippen LogP contribution in [0.4, 0.5) is 14.5 Å². The summed E-state index contributed by atoms with van der Waals surface area (Å²) in [6.45, 7) is 1.33. The Morgan fingerprint density at radius 3 is 2.81 bits per heavy atom. The largest absolute Gasteiger partial charge is 0.389 e. The van der Waals surface area contributed by atoms with Gasteiger partial charge in [-0.3, -0.25) is 4.79 Å². The fourth-order valence-corrected chi connectivity index (χ4v) is 3.21. The number of hydrogen-bond donors (Lipinski definition) is 1. The van der Waals surface area contributed by atoms with Gasteiger partial charge in [0, 0.05) is 6.20 Å². The minimum atomic E-state index is -3.69. The van der Waals surface area contributed by atoms with Gasteiger partial charge in [0.25, 0.3) is 0 Å². The zero-order valence-corrected chi connectivity index (χ0v) is 14.3. The summed E-state index contributed by atoms with van der Waals surface area (Å²) in [5, 5.41) is 13.8. The fourth-order valence-electron chi connectivity index (χ4n) is 3.21. The van der Waals surface area contributed by atoms with E-state index in [1.54, 1.807) is 18.2 Å². The van der Waals surface area contributed by atoms with Crippen molar-refractivity contribution >= 4 is 11.6 Å². The molecule has 1 aliphatic rings. The standard InChI is InChI=1S/C18H15F2N5O2/c1-11(26)13-3-2-4-14-16(13)18(19,20)17(27)24(14)8-12-5-6-22-15(7-12)25-10-21-9-23-25/h2-7,9-11,26H,8H2,1H3/t11-/m0/s1. The Balaban J connectivity index is 1.74. The molecule has 0 radical (unpaired) electrons. The van der Waals surface area contributed by atoms with Crippen LogP contribution in [0.5, 0.6) is 0 Å². The van der Waals surface area contributed by atoms with Gasteiger partial charge in [0.2, 0.25) is 0 Å². The van der Waals surface area contributed by atoms with Crippen molar-refractivity contribution in [1.82, 2.24) is 19.7 Å². The number of hydrogen-bond acceptors (Lipinski definition) is 5. The number of anilines is 1. The summed E-state index contributed by atoms with van der Waals surface area (Å²) >= 11 is 0. The molecule has 0 aliphatic carbocycles. The van der Waals surface area contributed by atoms with E-state index >= 15 is 0 Å². The van der Waals surface area contributed by atoms with Crippen LogP contribution in [0.15, 0.2) is 49.2 Å². The third-order valence-electron chi connectivity index (χ3n) is 4.45. The van der Waals surface area contributed by atoms with E-state index in [4.69, 9.17) is 0 Å². The number of carbonyl (C=O) groups is 1. The highest BCUT2D eigenvalue weighted by Gasteiger charge is 2.54. The van der Waals surface area contributed by atoms with Crippen LogP contribution in [-0.4, -0.2) is 30.8 Å². The van der Waals surface area contributed by atoms with Gasteiger partial charge >= 0.3 is 11.8 Å². The Kier molecular flexibility index (Phi) is 3.96. The molecule has 1 atom stereocenters. The van der Waals surface area contributed by atoms with Crippen molar-refractivity contribution in [2.24, 2.45) is 0 Å². The summed E-state index contributed by atoms with van der Waals surface area (Å²) in [6, 6.07) is 7.71. The number of amides is 1. The van der Waals surface area contributed by atoms with Gasteiger partial charge in [-0.25, -0.2) is 14.6 Å². The second-order valence-corrected chi connectivity index (χ2v) is 6.25. The van der Waals surface area contributed by atoms with Gasteiger partial charge in [0.1, 0.15) is 12.7 Å². The fraction of sp³-hybridized carbons (Fsp3) is 0.222. The lowest BCUT2D eigenvalue weighted by molar-refractivity contribution is -0.141. The SMILES string of the molecule is C[C@H](O)c1cccc2c1C(F)(F)C(=O)N2Cc1ccnc(-n2cncn2)c1. The van der Waals surface area contributed by atoms with E-state index in [1.807, 2.05) is 0 Å². The van der Waals surface area contributed by atoms with E-state index in [1.165, 1.54) is 42.6 Å². The number of fused-ring (bicyclic) bond motifs is 1. The predicted molar refractivity (Wildman–Crippen MR) is 91.3 cm³/mol. The molecule has 0 spiro atoms. The van der Waals surface area contributed by atoms with Gasteiger partial charge < -0.3 is 10.0 Å². The summed E-state index contributed by atoms with van der Waals surface area (Å²) < 4.78 is 30.8. The highest BCUT2D eigenvalue weighted by molar-refractivity contribution is 6.06. The van der Waals surface area contributed by atoms with Crippen molar-refractivity contribution < 1.29 is 18.7 Å². The normalized spacial score (nSPS) is 16.4. The summed E-state index contributed by atoms with van der Waals surface area (Å²) in [7, 11) is 0. The Labute approximate surface area is 152 Å². The molecule has 4 rings (SSSR count). The first-order valence-corrected chi connectivity index (χ1v) is 8.20. The molecule has 0 fully saturated rings. The van der Waals surface area contributed by atoms with E-state index in [-0.39, 0.29) is 17.8 Å². The molecular formula is C18H15F2N5O2. The van der Waals surface area contributed by atoms with E-state index < -0.39 is 23.5 Å². The van der Waals surface area contributed by atoms with Crippen molar-refractivity contribution in [2.75, 3.05) is 4.90 Å². The number of aliphatic hydroxyl groups excluding tert-OH is 1. The second kappa shape index (κ2) is 6.20. The van der Waals surface area contributed by atoms with Gasteiger partial charge in [-0.05, 0) is 36.2 Å². The number of aromatic nitrogens is 4. The summed E-state index contributed by atoms with van der Waals surface area (Å²) in [6.07, 6.45) is 3.22. The van der Waals surface area contributed by atoms with E-state index in [0.717, 1.165) is 4.90 Å². The van der Waals surface area contributed by atoms with Crippen LogP contribution < -0.4 is 4.90 Å². The lowest BCUT2D eigenvalue weighted by Crippen LogP contribution is -2.34. The number of aliphatic hydroxyl groups is 1. The maximum absolute atomic E-state index is 14.7. The summed E-state index contributed by atoms with van der Waals surface area (Å²) in [5.41, 5.74) is 0.319. The van der Waals surface area contributed by atoms with Crippen molar-refractivity contribution in [3.63, 3.8) is 0 Å². The molecule has 0 bridgehead atoms. The summed E-state index contributed by atoms with van der Waals surface area (Å²) in [5.74, 6) is -4.55. The molecule has 2 aromatic heterocycles. The van der Waals surface area contributed by atoms with Gasteiger partial charge in [-0.2, -0.15) is 13.9 Å². The Bertz CT molecular complexity index is 1000. The lowest BCUT2D eigenvalue weighted by atomic mass is 9.98. The molecule has 3 heterocycles. The van der Waals surface area contributed by atoms with Crippen LogP contribution in [0.25, 0.3) is 5.82 Å². The first-order valence-electron chi connectivity index (χ1n) is 8.20. The van der Waals surface area contributed by atoms with Gasteiger partial charge in [-0.15, -0.1) is 0 Å². The molecule has 0 saturated carbocycles. The van der Waals surface area contributed by atoms with Gasteiger partial charge in [-0.1, -0.05) is 12.1 Å². The van der Waals surface area contributed by atoms with Crippen LogP contribution in [0.3, 0.4) is 0 Å². The molecule has 7 nitrogen and oxygen atoms in total. The van der Waals surface area contributed by atoms with Crippen molar-refractivity contribution in [1.29, 1.82) is 0 Å². The second-order valence-electron chi connectivity index (χ2n) is 6.25. The number of alkyl halides is 2. The first kappa shape index (κ1) is 17.2. The van der Waals surface area contributed by atoms with Crippen LogP contribution in [0.1, 0.15) is 29.7 Å². The van der Waals surface area contributed by atoms with E-state index in [2.05, 4.69) is 15.1 Å². The number of carbonyl (C=O) groups excluding carboxylic acids is 1. The third-order valence-corrected chi connectivity index (χ3v) is 4.45. The molecule has 0 unspecified atom stereocenters. The molecule has 0 saturated heterocycles. The van der Waals surface area contributed by atoms with Gasteiger partial charge in [0.05, 0.1) is 23.9 Å². The van der Waals surface area contributed by atoms with Gasteiger partial charge in [0.15, 0.2) is 5.82 Å². The topological polar surface area (TPSA) is 84.1 Å².